The molecule has 3 rings (SSSR count). The van der Waals surface area contributed by atoms with E-state index < -0.39 is 0 Å². The first-order valence-electron chi connectivity index (χ1n) is 10.2. The number of hydrogen-bond donors (Lipinski definition) is 0. The molecule has 0 radical (unpaired) electrons. The average Bonchev–Trinajstić information content (AvgIpc) is 3.35. The summed E-state index contributed by atoms with van der Waals surface area (Å²) in [7, 11) is 5.97. The van der Waals surface area contributed by atoms with E-state index in [2.05, 4.69) is 35.6 Å². The number of nitrogens with zero attached hydrogens (tertiary/aromatic N) is 4. The van der Waals surface area contributed by atoms with Crippen LogP contribution in [0.3, 0.4) is 0 Å². The minimum atomic E-state index is -0.0837. The maximum absolute atomic E-state index is 12.5. The van der Waals surface area contributed by atoms with Gasteiger partial charge in [0.05, 0.1) is 0 Å². The second-order valence-electron chi connectivity index (χ2n) is 8.92. The third-order valence-electron chi connectivity index (χ3n) is 6.07. The minimum absolute atomic E-state index is 0.0837. The molecule has 0 bridgehead atoms. The van der Waals surface area contributed by atoms with Crippen LogP contribution in [-0.2, 0) is 0 Å². The molecule has 25 heavy (non-hydrogen) atoms. The number of urea groups is 1. The van der Waals surface area contributed by atoms with Gasteiger partial charge in [0, 0.05) is 57.9 Å². The van der Waals surface area contributed by atoms with Crippen molar-refractivity contribution >= 4 is 6.03 Å². The van der Waals surface area contributed by atoms with Gasteiger partial charge in [-0.2, -0.15) is 0 Å². The molecule has 5 heteroatoms. The Morgan fingerprint density at radius 3 is 2.28 bits per heavy atom. The zero-order chi connectivity index (χ0) is 18.8. The quantitative estimate of drug-likeness (QED) is 0.765. The van der Waals surface area contributed by atoms with Crippen molar-refractivity contribution in [2.24, 2.45) is 5.92 Å². The molecule has 0 aromatic rings. The Morgan fingerprint density at radius 1 is 1.12 bits per heavy atom. The van der Waals surface area contributed by atoms with Crippen molar-refractivity contribution in [3.05, 3.63) is 0 Å². The maximum Gasteiger partial charge on any atom is 0.319 e. The summed E-state index contributed by atoms with van der Waals surface area (Å²) in [6.45, 7) is 14.1. The number of rotatable bonds is 2. The maximum atomic E-state index is 12.5. The molecule has 3 aliphatic rings. The molecule has 2 saturated heterocycles. The van der Waals surface area contributed by atoms with E-state index in [1.807, 2.05) is 27.9 Å². The summed E-state index contributed by atoms with van der Waals surface area (Å²) in [5, 5.41) is 0. The largest absolute Gasteiger partial charge is 0.331 e. The molecule has 2 aliphatic heterocycles. The lowest BCUT2D eigenvalue weighted by Gasteiger charge is -2.59. The first-order valence-corrected chi connectivity index (χ1v) is 10.2. The Kier molecular flexibility index (Phi) is 6.42. The number of likely N-dealkylation sites (tertiary alicyclic amines) is 1. The number of hydrogen-bond acceptors (Lipinski definition) is 3. The SMILES string of the molecule is CC.CN1CCN(CC2CC2)C2(CCN(C(=O)N(C)C)C(C)(C)C2)C1. The smallest absolute Gasteiger partial charge is 0.319 e. The number of piperazine rings is 1. The fourth-order valence-electron chi connectivity index (χ4n) is 4.72. The summed E-state index contributed by atoms with van der Waals surface area (Å²) in [5.74, 6) is 0.930. The number of carbonyl (C=O) groups is 1. The lowest BCUT2D eigenvalue weighted by molar-refractivity contribution is -0.0689. The molecule has 2 heterocycles. The van der Waals surface area contributed by atoms with Gasteiger partial charge in [0.2, 0.25) is 0 Å². The van der Waals surface area contributed by atoms with Crippen LogP contribution in [0.15, 0.2) is 0 Å². The van der Waals surface area contributed by atoms with Gasteiger partial charge in [-0.3, -0.25) is 4.90 Å². The first-order chi connectivity index (χ1) is 11.7. The van der Waals surface area contributed by atoms with Crippen LogP contribution in [0.5, 0.6) is 0 Å². The van der Waals surface area contributed by atoms with Crippen molar-refractivity contribution in [3.63, 3.8) is 0 Å². The van der Waals surface area contributed by atoms with Gasteiger partial charge in [0.15, 0.2) is 0 Å². The van der Waals surface area contributed by atoms with Crippen LogP contribution in [0.2, 0.25) is 0 Å². The summed E-state index contributed by atoms with van der Waals surface area (Å²) >= 11 is 0. The molecule has 0 N–H and O–H groups in total. The summed E-state index contributed by atoms with van der Waals surface area (Å²) in [5.41, 5.74) is 0.168. The molecule has 2 amide bonds. The number of amides is 2. The van der Waals surface area contributed by atoms with E-state index in [1.165, 1.54) is 32.5 Å². The Balaban J connectivity index is 0.00000109. The van der Waals surface area contributed by atoms with E-state index in [9.17, 15) is 4.79 Å². The molecule has 0 aromatic carbocycles. The Bertz CT molecular complexity index is 461. The predicted octanol–water partition coefficient (Wildman–Crippen LogP) is 2.96. The van der Waals surface area contributed by atoms with E-state index in [4.69, 9.17) is 0 Å². The summed E-state index contributed by atoms with van der Waals surface area (Å²) in [6.07, 6.45) is 5.01. The fourth-order valence-corrected chi connectivity index (χ4v) is 4.72. The molecule has 1 unspecified atom stereocenters. The second-order valence-corrected chi connectivity index (χ2v) is 8.92. The highest BCUT2D eigenvalue weighted by atomic mass is 16.2. The van der Waals surface area contributed by atoms with E-state index in [0.29, 0.717) is 0 Å². The molecule has 1 aliphatic carbocycles. The van der Waals surface area contributed by atoms with Crippen molar-refractivity contribution in [2.75, 3.05) is 53.9 Å². The Labute approximate surface area is 155 Å². The lowest BCUT2D eigenvalue weighted by atomic mass is 9.74. The predicted molar refractivity (Wildman–Crippen MR) is 105 cm³/mol. The topological polar surface area (TPSA) is 30.0 Å². The number of carbonyl (C=O) groups excluding carboxylic acids is 1. The minimum Gasteiger partial charge on any atom is -0.331 e. The van der Waals surface area contributed by atoms with E-state index in [0.717, 1.165) is 31.8 Å². The van der Waals surface area contributed by atoms with E-state index in [1.54, 1.807) is 4.90 Å². The molecular weight excluding hydrogens is 312 g/mol. The summed E-state index contributed by atoms with van der Waals surface area (Å²) < 4.78 is 0. The van der Waals surface area contributed by atoms with Gasteiger partial charge in [0.25, 0.3) is 0 Å². The lowest BCUT2D eigenvalue weighted by Crippen LogP contribution is -2.70. The Morgan fingerprint density at radius 2 is 1.76 bits per heavy atom. The van der Waals surface area contributed by atoms with Crippen LogP contribution < -0.4 is 0 Å². The van der Waals surface area contributed by atoms with Crippen molar-refractivity contribution in [3.8, 4) is 0 Å². The third kappa shape index (κ3) is 4.48. The first kappa shape index (κ1) is 20.5. The second kappa shape index (κ2) is 7.83. The van der Waals surface area contributed by atoms with Crippen LogP contribution in [-0.4, -0.2) is 90.6 Å². The van der Waals surface area contributed by atoms with Crippen molar-refractivity contribution in [1.29, 1.82) is 0 Å². The summed E-state index contributed by atoms with van der Waals surface area (Å²) in [6, 6.07) is 0.155. The third-order valence-corrected chi connectivity index (χ3v) is 6.07. The molecule has 146 valence electrons. The molecular formula is C20H40N4O. The normalized spacial score (nSPS) is 30.0. The van der Waals surface area contributed by atoms with Crippen LogP contribution in [0.1, 0.15) is 53.4 Å². The average molecular weight is 353 g/mol. The summed E-state index contributed by atoms with van der Waals surface area (Å²) in [4.78, 5) is 21.6. The van der Waals surface area contributed by atoms with Gasteiger partial charge in [-0.1, -0.05) is 13.8 Å². The molecule has 0 aromatic heterocycles. The van der Waals surface area contributed by atoms with Crippen LogP contribution in [0, 0.1) is 5.92 Å². The number of likely N-dealkylation sites (N-methyl/N-ethyl adjacent to an activating group) is 1. The van der Waals surface area contributed by atoms with E-state index in [-0.39, 0.29) is 17.1 Å². The van der Waals surface area contributed by atoms with Crippen LogP contribution >= 0.6 is 0 Å². The highest BCUT2D eigenvalue weighted by Gasteiger charge is 2.51. The van der Waals surface area contributed by atoms with Crippen molar-refractivity contribution < 1.29 is 4.79 Å². The molecule has 1 atom stereocenters. The van der Waals surface area contributed by atoms with Gasteiger partial charge >= 0.3 is 6.03 Å². The monoisotopic (exact) mass is 352 g/mol. The van der Waals surface area contributed by atoms with Gasteiger partial charge < -0.3 is 14.7 Å². The highest BCUT2D eigenvalue weighted by Crippen LogP contribution is 2.42. The molecule has 1 spiro atoms. The van der Waals surface area contributed by atoms with Crippen molar-refractivity contribution in [2.45, 2.75) is 64.5 Å². The van der Waals surface area contributed by atoms with E-state index >= 15 is 0 Å². The fraction of sp³-hybridized carbons (Fsp3) is 0.950. The molecule has 3 fully saturated rings. The van der Waals surface area contributed by atoms with Crippen LogP contribution in [0.25, 0.3) is 0 Å². The van der Waals surface area contributed by atoms with Crippen molar-refractivity contribution in [1.82, 2.24) is 19.6 Å². The zero-order valence-electron chi connectivity index (χ0n) is 17.6. The van der Waals surface area contributed by atoms with Gasteiger partial charge in [0.1, 0.15) is 0 Å². The number of piperidine rings is 1. The molecule has 5 nitrogen and oxygen atoms in total. The van der Waals surface area contributed by atoms with Gasteiger partial charge in [-0.25, -0.2) is 4.79 Å². The van der Waals surface area contributed by atoms with Gasteiger partial charge in [-0.05, 0) is 52.5 Å². The standard InChI is InChI=1S/C18H34N4O.C2H6/c1-17(2)13-18(8-9-22(17)16(23)19(3)4)14-20(5)10-11-21(18)12-15-6-7-15;1-2/h15H,6-14H2,1-5H3;1-2H3. The van der Waals surface area contributed by atoms with Crippen LogP contribution in [0.4, 0.5) is 4.79 Å². The highest BCUT2D eigenvalue weighted by molar-refractivity contribution is 5.75. The zero-order valence-corrected chi connectivity index (χ0v) is 17.6. The Hall–Kier alpha value is -0.810. The molecule has 1 saturated carbocycles. The van der Waals surface area contributed by atoms with Gasteiger partial charge in [-0.15, -0.1) is 0 Å².